The summed E-state index contributed by atoms with van der Waals surface area (Å²) in [4.78, 5) is 25.8. The van der Waals surface area contributed by atoms with Crippen LogP contribution in [0, 0.1) is 12.7 Å². The van der Waals surface area contributed by atoms with Gasteiger partial charge in [-0.2, -0.15) is 5.10 Å². The largest absolute Gasteiger partial charge is 0.465 e. The summed E-state index contributed by atoms with van der Waals surface area (Å²) in [7, 11) is 1.32. The van der Waals surface area contributed by atoms with Crippen molar-refractivity contribution in [3.05, 3.63) is 76.9 Å². The van der Waals surface area contributed by atoms with Crippen LogP contribution in [0.5, 0.6) is 0 Å². The maximum absolute atomic E-state index is 14.6. The van der Waals surface area contributed by atoms with Gasteiger partial charge in [-0.05, 0) is 67.0 Å². The fourth-order valence-corrected chi connectivity index (χ4v) is 4.66. The second-order valence-corrected chi connectivity index (χ2v) is 10.1. The first-order valence-corrected chi connectivity index (χ1v) is 12.0. The number of hydrogen-bond acceptors (Lipinski definition) is 4. The van der Waals surface area contributed by atoms with E-state index in [0.717, 1.165) is 24.0 Å². The Kier molecular flexibility index (Phi) is 6.54. The third-order valence-corrected chi connectivity index (χ3v) is 6.97. The van der Waals surface area contributed by atoms with Crippen molar-refractivity contribution < 1.29 is 18.7 Å². The summed E-state index contributed by atoms with van der Waals surface area (Å²) in [5.41, 5.74) is 2.63. The number of amides is 1. The Hall–Kier alpha value is -3.48. The van der Waals surface area contributed by atoms with Gasteiger partial charge in [0.25, 0.3) is 0 Å². The molecule has 1 N–H and O–H groups in total. The predicted octanol–water partition coefficient (Wildman–Crippen LogP) is 5.85. The van der Waals surface area contributed by atoms with Gasteiger partial charge in [-0.1, -0.05) is 39.3 Å². The number of rotatable bonds is 8. The van der Waals surface area contributed by atoms with Crippen molar-refractivity contribution in [1.29, 1.82) is 0 Å². The topological polar surface area (TPSA) is 73.2 Å². The van der Waals surface area contributed by atoms with Crippen molar-refractivity contribution in [2.75, 3.05) is 12.4 Å². The van der Waals surface area contributed by atoms with Crippen LogP contribution < -0.4 is 5.32 Å². The van der Waals surface area contributed by atoms with Crippen LogP contribution in [0.25, 0.3) is 5.69 Å². The Morgan fingerprint density at radius 3 is 2.57 bits per heavy atom. The van der Waals surface area contributed by atoms with E-state index in [1.54, 1.807) is 28.9 Å². The first kappa shape index (κ1) is 24.6. The van der Waals surface area contributed by atoms with Crippen LogP contribution in [0.15, 0.2) is 48.8 Å². The summed E-state index contributed by atoms with van der Waals surface area (Å²) < 4.78 is 21.3. The summed E-state index contributed by atoms with van der Waals surface area (Å²) in [6.45, 7) is 8.30. The lowest BCUT2D eigenvalue weighted by molar-refractivity contribution is -0.118. The molecular weight excluding hydrogens is 445 g/mol. The molecule has 0 radical (unpaired) electrons. The van der Waals surface area contributed by atoms with E-state index in [-0.39, 0.29) is 22.7 Å². The number of esters is 1. The highest BCUT2D eigenvalue weighted by atomic mass is 19.1. The van der Waals surface area contributed by atoms with E-state index in [2.05, 4.69) is 31.2 Å². The van der Waals surface area contributed by atoms with Gasteiger partial charge in [-0.3, -0.25) is 4.79 Å². The maximum atomic E-state index is 14.6. The summed E-state index contributed by atoms with van der Waals surface area (Å²) in [6.07, 6.45) is 6.95. The van der Waals surface area contributed by atoms with Crippen LogP contribution in [0.3, 0.4) is 0 Å². The molecule has 35 heavy (non-hydrogen) atoms. The number of hydrogen-bond donors (Lipinski definition) is 1. The zero-order valence-electron chi connectivity index (χ0n) is 20.9. The lowest BCUT2D eigenvalue weighted by Gasteiger charge is -2.22. The van der Waals surface area contributed by atoms with Crippen LogP contribution in [-0.4, -0.2) is 28.8 Å². The molecule has 1 amide bonds. The zero-order valence-corrected chi connectivity index (χ0v) is 20.9. The predicted molar refractivity (Wildman–Crippen MR) is 134 cm³/mol. The normalized spacial score (nSPS) is 14.5. The minimum Gasteiger partial charge on any atom is -0.465 e. The van der Waals surface area contributed by atoms with Gasteiger partial charge in [0.15, 0.2) is 0 Å². The molecule has 0 saturated heterocycles. The fraction of sp³-hybridized carbons (Fsp3) is 0.393. The highest BCUT2D eigenvalue weighted by molar-refractivity contribution is 6.03. The van der Waals surface area contributed by atoms with Crippen molar-refractivity contribution in [3.63, 3.8) is 0 Å². The van der Waals surface area contributed by atoms with Gasteiger partial charge in [0.1, 0.15) is 5.82 Å². The summed E-state index contributed by atoms with van der Waals surface area (Å²) in [6, 6.07) is 10.00. The molecule has 7 heteroatoms. The first-order chi connectivity index (χ1) is 16.6. The highest BCUT2D eigenvalue weighted by Crippen LogP contribution is 2.50. The van der Waals surface area contributed by atoms with E-state index in [0.29, 0.717) is 29.8 Å². The Morgan fingerprint density at radius 1 is 1.20 bits per heavy atom. The lowest BCUT2D eigenvalue weighted by atomic mass is 9.82. The Morgan fingerprint density at radius 2 is 1.94 bits per heavy atom. The molecule has 0 bridgehead atoms. The van der Waals surface area contributed by atoms with Gasteiger partial charge >= 0.3 is 5.97 Å². The average molecular weight is 478 g/mol. The summed E-state index contributed by atoms with van der Waals surface area (Å²) in [5.74, 6) is -1.19. The Balaban J connectivity index is 1.63. The van der Waals surface area contributed by atoms with Gasteiger partial charge in [-0.15, -0.1) is 0 Å². The number of aromatic nitrogens is 2. The van der Waals surface area contributed by atoms with E-state index >= 15 is 0 Å². The number of ether oxygens (including phenoxy) is 1. The van der Waals surface area contributed by atoms with E-state index < -0.39 is 11.4 Å². The molecule has 1 aromatic heterocycles. The molecule has 1 saturated carbocycles. The second kappa shape index (κ2) is 9.29. The molecule has 6 nitrogen and oxygen atoms in total. The quantitative estimate of drug-likeness (QED) is 0.413. The summed E-state index contributed by atoms with van der Waals surface area (Å²) >= 11 is 0. The third-order valence-electron chi connectivity index (χ3n) is 6.97. The molecule has 1 aliphatic rings. The number of aryl methyl sites for hydroxylation is 1. The molecule has 0 aliphatic heterocycles. The molecule has 1 aliphatic carbocycles. The smallest absolute Gasteiger partial charge is 0.340 e. The minimum absolute atomic E-state index is 0.0455. The van der Waals surface area contributed by atoms with Crippen LogP contribution in [0.4, 0.5) is 10.1 Å². The molecule has 3 aromatic rings. The second-order valence-electron chi connectivity index (χ2n) is 10.1. The number of anilines is 1. The summed E-state index contributed by atoms with van der Waals surface area (Å²) in [5, 5.41) is 7.37. The zero-order chi connectivity index (χ0) is 25.4. The van der Waals surface area contributed by atoms with Crippen LogP contribution in [0.2, 0.25) is 0 Å². The number of nitrogens with zero attached hydrogens (tertiary/aromatic N) is 2. The van der Waals surface area contributed by atoms with Crippen LogP contribution >= 0.6 is 0 Å². The van der Waals surface area contributed by atoms with Crippen molar-refractivity contribution in [1.82, 2.24) is 9.78 Å². The third kappa shape index (κ3) is 4.72. The molecule has 0 atom stereocenters. The Labute approximate surface area is 205 Å². The molecule has 4 rings (SSSR count). The molecule has 184 valence electrons. The molecule has 1 heterocycles. The van der Waals surface area contributed by atoms with Crippen LogP contribution in [0.1, 0.15) is 73.5 Å². The minimum atomic E-state index is -0.885. The van der Waals surface area contributed by atoms with Crippen molar-refractivity contribution in [3.8, 4) is 5.69 Å². The van der Waals surface area contributed by atoms with Gasteiger partial charge in [0, 0.05) is 17.4 Å². The van der Waals surface area contributed by atoms with E-state index in [1.807, 2.05) is 25.4 Å². The van der Waals surface area contributed by atoms with Gasteiger partial charge in [-0.25, -0.2) is 13.9 Å². The van der Waals surface area contributed by atoms with E-state index in [1.165, 1.54) is 13.2 Å². The maximum Gasteiger partial charge on any atom is 0.340 e. The standard InChI is InChI=1S/C28H32FN3O3/c1-6-11-27(3,4)19-16-30-32(17-19)24-10-8-20(15-21(24)25(33)35-5)31-26(34)28(12-13-28)22-9-7-18(2)14-23(22)29/h7-10,14-17H,6,11-13H2,1-5H3,(H,31,34). The molecular formula is C28H32FN3O3. The van der Waals surface area contributed by atoms with Crippen LogP contribution in [-0.2, 0) is 20.4 Å². The van der Waals surface area contributed by atoms with Crippen molar-refractivity contribution in [2.45, 2.75) is 64.2 Å². The average Bonchev–Trinajstić information content (AvgIpc) is 3.46. The van der Waals surface area contributed by atoms with Gasteiger partial charge < -0.3 is 10.1 Å². The monoisotopic (exact) mass is 477 g/mol. The molecule has 0 spiro atoms. The number of methoxy groups -OCH3 is 1. The highest BCUT2D eigenvalue weighted by Gasteiger charge is 2.52. The van der Waals surface area contributed by atoms with E-state index in [4.69, 9.17) is 4.74 Å². The molecule has 0 unspecified atom stereocenters. The Bertz CT molecular complexity index is 1270. The fourth-order valence-electron chi connectivity index (χ4n) is 4.66. The SMILES string of the molecule is CCCC(C)(C)c1cnn(-c2ccc(NC(=O)C3(c4ccc(C)cc4F)CC3)cc2C(=O)OC)c1. The lowest BCUT2D eigenvalue weighted by Crippen LogP contribution is -2.29. The van der Waals surface area contributed by atoms with E-state index in [9.17, 15) is 14.0 Å². The molecule has 2 aromatic carbocycles. The molecule has 1 fully saturated rings. The van der Waals surface area contributed by atoms with Gasteiger partial charge in [0.2, 0.25) is 5.91 Å². The number of halogens is 1. The first-order valence-electron chi connectivity index (χ1n) is 12.0. The number of benzene rings is 2. The number of carbonyl (C=O) groups excluding carboxylic acids is 2. The van der Waals surface area contributed by atoms with Gasteiger partial charge in [0.05, 0.1) is 30.0 Å². The van der Waals surface area contributed by atoms with Crippen molar-refractivity contribution in [2.24, 2.45) is 0 Å². The number of carbonyl (C=O) groups is 2. The van der Waals surface area contributed by atoms with Crippen molar-refractivity contribution >= 4 is 17.6 Å². The number of nitrogens with one attached hydrogen (secondary N) is 1.